The van der Waals surface area contributed by atoms with Gasteiger partial charge in [0, 0.05) is 0 Å². The molecule has 0 unspecified atom stereocenters. The molecule has 2 atom stereocenters. The molecule has 0 aromatic heterocycles. The van der Waals surface area contributed by atoms with Crippen molar-refractivity contribution in [1.82, 2.24) is 4.90 Å². The number of amides is 2. The number of ether oxygens (including phenoxy) is 1. The maximum absolute atomic E-state index is 12.5. The number of rotatable bonds is 4. The number of carbonyl (C=O) groups excluding carboxylic acids is 2. The van der Waals surface area contributed by atoms with E-state index >= 15 is 0 Å². The van der Waals surface area contributed by atoms with Gasteiger partial charge in [0.15, 0.2) is 0 Å². The summed E-state index contributed by atoms with van der Waals surface area (Å²) in [7, 11) is 0. The maximum atomic E-state index is 12.5. The van der Waals surface area contributed by atoms with Crippen LogP contribution in [-0.4, -0.2) is 41.3 Å². The van der Waals surface area contributed by atoms with Crippen LogP contribution >= 0.6 is 0 Å². The summed E-state index contributed by atoms with van der Waals surface area (Å²) < 4.78 is 4.83. The van der Waals surface area contributed by atoms with Crippen molar-refractivity contribution in [2.45, 2.75) is 52.1 Å². The van der Waals surface area contributed by atoms with Crippen LogP contribution in [0, 0.1) is 17.8 Å². The van der Waals surface area contributed by atoms with Crippen LogP contribution in [0.1, 0.15) is 46.0 Å². The molecule has 1 aliphatic carbocycles. The largest absolute Gasteiger partial charge is 0.447 e. The van der Waals surface area contributed by atoms with E-state index in [-0.39, 0.29) is 24.3 Å². The molecule has 2 rings (SSSR count). The Morgan fingerprint density at radius 2 is 1.95 bits per heavy atom. The SMILES string of the molecule is CC(C)[C@@H](C(=O)N1CCOC1=O)[C@@H](O)C1CCCCC1. The van der Waals surface area contributed by atoms with Crippen molar-refractivity contribution in [3.63, 3.8) is 0 Å². The summed E-state index contributed by atoms with van der Waals surface area (Å²) in [5.74, 6) is -0.601. The van der Waals surface area contributed by atoms with Gasteiger partial charge in [-0.15, -0.1) is 0 Å². The number of nitrogens with zero attached hydrogens (tertiary/aromatic N) is 1. The van der Waals surface area contributed by atoms with Gasteiger partial charge in [-0.1, -0.05) is 33.1 Å². The summed E-state index contributed by atoms with van der Waals surface area (Å²) in [5.41, 5.74) is 0. The maximum Gasteiger partial charge on any atom is 0.416 e. The first-order valence-corrected chi connectivity index (χ1v) is 7.68. The van der Waals surface area contributed by atoms with Crippen molar-refractivity contribution in [1.29, 1.82) is 0 Å². The molecule has 1 saturated heterocycles. The molecule has 2 amide bonds. The molecule has 0 spiro atoms. The van der Waals surface area contributed by atoms with Gasteiger partial charge < -0.3 is 9.84 Å². The molecular formula is C15H25NO4. The number of hydrogen-bond acceptors (Lipinski definition) is 4. The number of cyclic esters (lactones) is 1. The summed E-state index contributed by atoms with van der Waals surface area (Å²) in [6.07, 6.45) is 4.17. The lowest BCUT2D eigenvalue weighted by Crippen LogP contribution is -2.46. The van der Waals surface area contributed by atoms with Gasteiger partial charge >= 0.3 is 6.09 Å². The Kier molecular flexibility index (Phi) is 5.02. The van der Waals surface area contributed by atoms with E-state index in [1.54, 1.807) is 0 Å². The van der Waals surface area contributed by atoms with E-state index in [9.17, 15) is 14.7 Å². The van der Waals surface area contributed by atoms with E-state index in [0.717, 1.165) is 30.6 Å². The summed E-state index contributed by atoms with van der Waals surface area (Å²) in [6.45, 7) is 4.42. The van der Waals surface area contributed by atoms with E-state index in [0.29, 0.717) is 6.54 Å². The highest BCUT2D eigenvalue weighted by Crippen LogP contribution is 2.33. The molecule has 5 heteroatoms. The van der Waals surface area contributed by atoms with Crippen molar-refractivity contribution in [3.05, 3.63) is 0 Å². The molecule has 5 nitrogen and oxygen atoms in total. The molecule has 1 N–H and O–H groups in total. The fourth-order valence-corrected chi connectivity index (χ4v) is 3.37. The van der Waals surface area contributed by atoms with Crippen molar-refractivity contribution in [2.75, 3.05) is 13.2 Å². The van der Waals surface area contributed by atoms with Crippen LogP contribution in [0.15, 0.2) is 0 Å². The Morgan fingerprint density at radius 3 is 2.45 bits per heavy atom. The Morgan fingerprint density at radius 1 is 1.30 bits per heavy atom. The molecule has 1 saturated carbocycles. The number of imide groups is 1. The van der Waals surface area contributed by atoms with Gasteiger partial charge in [-0.3, -0.25) is 4.79 Å². The Labute approximate surface area is 120 Å². The number of aliphatic hydroxyl groups is 1. The molecular weight excluding hydrogens is 258 g/mol. The third-order valence-electron chi connectivity index (χ3n) is 4.53. The van der Waals surface area contributed by atoms with Crippen molar-refractivity contribution < 1.29 is 19.4 Å². The van der Waals surface area contributed by atoms with Crippen LogP contribution < -0.4 is 0 Å². The number of aliphatic hydroxyl groups excluding tert-OH is 1. The van der Waals surface area contributed by atoms with Gasteiger partial charge in [0.2, 0.25) is 5.91 Å². The molecule has 0 aromatic carbocycles. The molecule has 0 aromatic rings. The van der Waals surface area contributed by atoms with E-state index in [1.165, 1.54) is 6.42 Å². The second-order valence-corrected chi connectivity index (χ2v) is 6.26. The molecule has 114 valence electrons. The Balaban J connectivity index is 2.09. The van der Waals surface area contributed by atoms with Crippen LogP contribution in [0.3, 0.4) is 0 Å². The zero-order valence-corrected chi connectivity index (χ0v) is 12.4. The van der Waals surface area contributed by atoms with E-state index in [4.69, 9.17) is 4.74 Å². The average molecular weight is 283 g/mol. The fourth-order valence-electron chi connectivity index (χ4n) is 3.37. The Bertz CT molecular complexity index is 363. The molecule has 1 heterocycles. The lowest BCUT2D eigenvalue weighted by molar-refractivity contribution is -0.140. The smallest absolute Gasteiger partial charge is 0.416 e. The highest BCUT2D eigenvalue weighted by Gasteiger charge is 2.41. The summed E-state index contributed by atoms with van der Waals surface area (Å²) in [4.78, 5) is 25.2. The van der Waals surface area contributed by atoms with Crippen molar-refractivity contribution in [3.8, 4) is 0 Å². The van der Waals surface area contributed by atoms with E-state index < -0.39 is 18.1 Å². The highest BCUT2D eigenvalue weighted by molar-refractivity contribution is 5.94. The minimum Gasteiger partial charge on any atom is -0.447 e. The fraction of sp³-hybridized carbons (Fsp3) is 0.867. The van der Waals surface area contributed by atoms with Gasteiger partial charge in [-0.2, -0.15) is 0 Å². The van der Waals surface area contributed by atoms with Gasteiger partial charge in [0.05, 0.1) is 18.6 Å². The van der Waals surface area contributed by atoms with Crippen molar-refractivity contribution >= 4 is 12.0 Å². The van der Waals surface area contributed by atoms with Crippen LogP contribution in [0.5, 0.6) is 0 Å². The Hall–Kier alpha value is -1.10. The summed E-state index contributed by atoms with van der Waals surface area (Å²) >= 11 is 0. The van der Waals surface area contributed by atoms with E-state index in [2.05, 4.69) is 0 Å². The molecule has 20 heavy (non-hydrogen) atoms. The zero-order valence-electron chi connectivity index (χ0n) is 12.4. The monoisotopic (exact) mass is 283 g/mol. The standard InChI is InChI=1S/C15H25NO4/c1-10(2)12(13(17)11-6-4-3-5-7-11)14(18)16-8-9-20-15(16)19/h10-13,17H,3-9H2,1-2H3/t12-,13+/m1/s1. The van der Waals surface area contributed by atoms with Crippen LogP contribution in [0.2, 0.25) is 0 Å². The molecule has 2 fully saturated rings. The molecule has 2 aliphatic rings. The first-order chi connectivity index (χ1) is 9.52. The van der Waals surface area contributed by atoms with E-state index in [1.807, 2.05) is 13.8 Å². The van der Waals surface area contributed by atoms with Gasteiger partial charge in [0.25, 0.3) is 0 Å². The predicted octanol–water partition coefficient (Wildman–Crippen LogP) is 2.18. The number of hydrogen-bond donors (Lipinski definition) is 1. The second kappa shape index (κ2) is 6.57. The average Bonchev–Trinajstić information content (AvgIpc) is 2.85. The first kappa shape index (κ1) is 15.3. The van der Waals surface area contributed by atoms with Crippen molar-refractivity contribution in [2.24, 2.45) is 17.8 Å². The van der Waals surface area contributed by atoms with Gasteiger partial charge in [-0.05, 0) is 24.7 Å². The van der Waals surface area contributed by atoms with Gasteiger partial charge in [-0.25, -0.2) is 9.69 Å². The zero-order chi connectivity index (χ0) is 14.7. The lowest BCUT2D eigenvalue weighted by atomic mass is 9.76. The minimum atomic E-state index is -0.656. The van der Waals surface area contributed by atoms with Crippen LogP contribution in [-0.2, 0) is 9.53 Å². The molecule has 0 radical (unpaired) electrons. The minimum absolute atomic E-state index is 0.00725. The number of carbonyl (C=O) groups is 2. The van der Waals surface area contributed by atoms with Gasteiger partial charge in [0.1, 0.15) is 6.61 Å². The van der Waals surface area contributed by atoms with Crippen LogP contribution in [0.25, 0.3) is 0 Å². The lowest BCUT2D eigenvalue weighted by Gasteiger charge is -2.34. The third kappa shape index (κ3) is 3.14. The normalized spacial score (nSPS) is 23.8. The summed E-state index contributed by atoms with van der Waals surface area (Å²) in [6, 6.07) is 0. The quantitative estimate of drug-likeness (QED) is 0.858. The highest BCUT2D eigenvalue weighted by atomic mass is 16.6. The summed E-state index contributed by atoms with van der Waals surface area (Å²) in [5, 5.41) is 10.6. The van der Waals surface area contributed by atoms with Crippen LogP contribution in [0.4, 0.5) is 4.79 Å². The third-order valence-corrected chi connectivity index (χ3v) is 4.53. The first-order valence-electron chi connectivity index (χ1n) is 7.68. The molecule has 1 aliphatic heterocycles. The topological polar surface area (TPSA) is 66.8 Å². The molecule has 0 bridgehead atoms. The second-order valence-electron chi connectivity index (χ2n) is 6.26. The predicted molar refractivity (Wildman–Crippen MR) is 74.0 cm³/mol.